The fraction of sp³-hybridized carbons (Fsp3) is 0.381. The van der Waals surface area contributed by atoms with Gasteiger partial charge >= 0.3 is 0 Å². The Morgan fingerprint density at radius 2 is 1.79 bits per heavy atom. The SMILES string of the molecule is CN1CCC(Cc2cccc(CC(=O)c3ccccc3Br)c2)CC1. The highest BCUT2D eigenvalue weighted by Crippen LogP contribution is 2.22. The Labute approximate surface area is 153 Å². The Morgan fingerprint density at radius 3 is 2.54 bits per heavy atom. The molecule has 0 spiro atoms. The first kappa shape index (κ1) is 17.4. The fourth-order valence-electron chi connectivity index (χ4n) is 3.43. The van der Waals surface area contributed by atoms with Crippen molar-refractivity contribution in [3.63, 3.8) is 0 Å². The van der Waals surface area contributed by atoms with E-state index in [1.165, 1.54) is 31.5 Å². The monoisotopic (exact) mass is 385 g/mol. The lowest BCUT2D eigenvalue weighted by Crippen LogP contribution is -2.30. The standard InChI is InChI=1S/C21H24BrNO/c1-23-11-9-16(10-12-23)13-17-5-4-6-18(14-17)15-21(24)19-7-2-3-8-20(19)22/h2-8,14,16H,9-13,15H2,1H3. The van der Waals surface area contributed by atoms with E-state index in [4.69, 9.17) is 0 Å². The molecular formula is C21H24BrNO. The van der Waals surface area contributed by atoms with Crippen LogP contribution in [0.5, 0.6) is 0 Å². The second-order valence-corrected chi connectivity index (χ2v) is 7.70. The van der Waals surface area contributed by atoms with E-state index in [0.717, 1.165) is 27.9 Å². The van der Waals surface area contributed by atoms with E-state index >= 15 is 0 Å². The lowest BCUT2D eigenvalue weighted by Gasteiger charge is -2.29. The molecule has 2 nitrogen and oxygen atoms in total. The van der Waals surface area contributed by atoms with Gasteiger partial charge in [0.15, 0.2) is 5.78 Å². The number of Topliss-reactive ketones (excluding diaryl/α,β-unsaturated/α-hetero) is 1. The summed E-state index contributed by atoms with van der Waals surface area (Å²) in [5, 5.41) is 0. The molecule has 0 amide bonds. The number of rotatable bonds is 5. The zero-order chi connectivity index (χ0) is 16.9. The van der Waals surface area contributed by atoms with Gasteiger partial charge in [-0.15, -0.1) is 0 Å². The molecule has 0 aliphatic carbocycles. The minimum atomic E-state index is 0.166. The summed E-state index contributed by atoms with van der Waals surface area (Å²) in [6.07, 6.45) is 4.14. The van der Waals surface area contributed by atoms with Crippen molar-refractivity contribution in [2.24, 2.45) is 5.92 Å². The van der Waals surface area contributed by atoms with Crippen LogP contribution in [0.25, 0.3) is 0 Å². The molecule has 0 atom stereocenters. The number of likely N-dealkylation sites (tertiary alicyclic amines) is 1. The Morgan fingerprint density at radius 1 is 1.08 bits per heavy atom. The van der Waals surface area contributed by atoms with Crippen LogP contribution in [0.15, 0.2) is 53.0 Å². The van der Waals surface area contributed by atoms with Gasteiger partial charge < -0.3 is 4.90 Å². The Kier molecular flexibility index (Phi) is 5.85. The summed E-state index contributed by atoms with van der Waals surface area (Å²) in [7, 11) is 2.20. The van der Waals surface area contributed by atoms with Gasteiger partial charge in [-0.05, 0) is 62.5 Å². The molecule has 2 aromatic rings. The van der Waals surface area contributed by atoms with Crippen molar-refractivity contribution >= 4 is 21.7 Å². The third kappa shape index (κ3) is 4.55. The molecule has 1 saturated heterocycles. The normalized spacial score (nSPS) is 16.2. The number of ketones is 1. The van der Waals surface area contributed by atoms with Crippen molar-refractivity contribution in [2.45, 2.75) is 25.7 Å². The van der Waals surface area contributed by atoms with Crippen LogP contribution in [0.2, 0.25) is 0 Å². The van der Waals surface area contributed by atoms with Crippen molar-refractivity contribution < 1.29 is 4.79 Å². The molecule has 0 saturated carbocycles. The van der Waals surface area contributed by atoms with E-state index in [1.807, 2.05) is 24.3 Å². The van der Waals surface area contributed by atoms with E-state index in [9.17, 15) is 4.79 Å². The quantitative estimate of drug-likeness (QED) is 0.691. The molecule has 0 aromatic heterocycles. The molecule has 24 heavy (non-hydrogen) atoms. The molecule has 0 N–H and O–H groups in total. The van der Waals surface area contributed by atoms with Crippen LogP contribution in [0.4, 0.5) is 0 Å². The van der Waals surface area contributed by atoms with Gasteiger partial charge in [-0.2, -0.15) is 0 Å². The number of benzene rings is 2. The van der Waals surface area contributed by atoms with E-state index in [-0.39, 0.29) is 5.78 Å². The molecular weight excluding hydrogens is 362 g/mol. The minimum absolute atomic E-state index is 0.166. The predicted octanol–water partition coefficient (Wildman–Crippen LogP) is 4.76. The summed E-state index contributed by atoms with van der Waals surface area (Å²) >= 11 is 3.47. The average Bonchev–Trinajstić information content (AvgIpc) is 2.58. The average molecular weight is 386 g/mol. The molecule has 2 aromatic carbocycles. The molecule has 1 heterocycles. The zero-order valence-electron chi connectivity index (χ0n) is 14.2. The van der Waals surface area contributed by atoms with Gasteiger partial charge in [0.1, 0.15) is 0 Å². The summed E-state index contributed by atoms with van der Waals surface area (Å²) < 4.78 is 0.873. The van der Waals surface area contributed by atoms with Gasteiger partial charge in [-0.1, -0.05) is 58.4 Å². The number of piperidine rings is 1. The summed E-state index contributed by atoms with van der Waals surface area (Å²) in [6.45, 7) is 2.40. The molecule has 0 unspecified atom stereocenters. The zero-order valence-corrected chi connectivity index (χ0v) is 15.8. The lowest BCUT2D eigenvalue weighted by atomic mass is 9.89. The van der Waals surface area contributed by atoms with E-state index in [1.54, 1.807) is 0 Å². The van der Waals surface area contributed by atoms with E-state index in [0.29, 0.717) is 6.42 Å². The Hall–Kier alpha value is -1.45. The molecule has 0 bridgehead atoms. The van der Waals surface area contributed by atoms with Crippen molar-refractivity contribution in [2.75, 3.05) is 20.1 Å². The van der Waals surface area contributed by atoms with Gasteiger partial charge in [0.05, 0.1) is 0 Å². The van der Waals surface area contributed by atoms with Gasteiger partial charge in [-0.3, -0.25) is 4.79 Å². The maximum absolute atomic E-state index is 12.5. The maximum Gasteiger partial charge on any atom is 0.168 e. The summed E-state index contributed by atoms with van der Waals surface area (Å²) in [6, 6.07) is 16.2. The van der Waals surface area contributed by atoms with Gasteiger partial charge in [0.2, 0.25) is 0 Å². The first-order chi connectivity index (χ1) is 11.6. The highest BCUT2D eigenvalue weighted by atomic mass is 79.9. The molecule has 1 aliphatic heterocycles. The predicted molar refractivity (Wildman–Crippen MR) is 103 cm³/mol. The molecule has 3 rings (SSSR count). The van der Waals surface area contributed by atoms with Crippen LogP contribution in [-0.4, -0.2) is 30.8 Å². The van der Waals surface area contributed by atoms with Crippen LogP contribution in [0.3, 0.4) is 0 Å². The topological polar surface area (TPSA) is 20.3 Å². The van der Waals surface area contributed by atoms with Gasteiger partial charge in [0.25, 0.3) is 0 Å². The second-order valence-electron chi connectivity index (χ2n) is 6.85. The smallest absolute Gasteiger partial charge is 0.168 e. The lowest BCUT2D eigenvalue weighted by molar-refractivity contribution is 0.0992. The number of hydrogen-bond donors (Lipinski definition) is 0. The third-order valence-corrected chi connectivity index (χ3v) is 5.58. The van der Waals surface area contributed by atoms with Gasteiger partial charge in [0, 0.05) is 16.5 Å². The minimum Gasteiger partial charge on any atom is -0.306 e. The Balaban J connectivity index is 1.65. The van der Waals surface area contributed by atoms with E-state index < -0.39 is 0 Å². The van der Waals surface area contributed by atoms with Crippen LogP contribution in [0.1, 0.15) is 34.3 Å². The highest BCUT2D eigenvalue weighted by molar-refractivity contribution is 9.10. The van der Waals surface area contributed by atoms with Crippen LogP contribution >= 0.6 is 15.9 Å². The Bertz CT molecular complexity index is 704. The van der Waals surface area contributed by atoms with Crippen LogP contribution < -0.4 is 0 Å². The summed E-state index contributed by atoms with van der Waals surface area (Å²) in [5.41, 5.74) is 3.24. The van der Waals surface area contributed by atoms with Crippen LogP contribution in [-0.2, 0) is 12.8 Å². The molecule has 126 valence electrons. The maximum atomic E-state index is 12.5. The third-order valence-electron chi connectivity index (χ3n) is 4.89. The second kappa shape index (κ2) is 8.09. The van der Waals surface area contributed by atoms with Crippen molar-refractivity contribution in [1.82, 2.24) is 4.90 Å². The largest absolute Gasteiger partial charge is 0.306 e. The summed E-state index contributed by atoms with van der Waals surface area (Å²) in [5.74, 6) is 0.939. The number of carbonyl (C=O) groups is 1. The number of halogens is 1. The summed E-state index contributed by atoms with van der Waals surface area (Å²) in [4.78, 5) is 14.9. The molecule has 0 radical (unpaired) electrons. The number of hydrogen-bond acceptors (Lipinski definition) is 2. The van der Waals surface area contributed by atoms with Gasteiger partial charge in [-0.25, -0.2) is 0 Å². The van der Waals surface area contributed by atoms with Crippen molar-refractivity contribution in [1.29, 1.82) is 0 Å². The van der Waals surface area contributed by atoms with Crippen molar-refractivity contribution in [3.05, 3.63) is 69.7 Å². The number of nitrogens with zero attached hydrogens (tertiary/aromatic N) is 1. The highest BCUT2D eigenvalue weighted by Gasteiger charge is 2.17. The van der Waals surface area contributed by atoms with Crippen LogP contribution in [0, 0.1) is 5.92 Å². The fourth-order valence-corrected chi connectivity index (χ4v) is 3.94. The molecule has 1 aliphatic rings. The van der Waals surface area contributed by atoms with Crippen molar-refractivity contribution in [3.8, 4) is 0 Å². The molecule has 3 heteroatoms. The number of carbonyl (C=O) groups excluding carboxylic acids is 1. The first-order valence-electron chi connectivity index (χ1n) is 8.66. The van der Waals surface area contributed by atoms with E-state index in [2.05, 4.69) is 52.1 Å². The first-order valence-corrected chi connectivity index (χ1v) is 9.45. The molecule has 1 fully saturated rings.